The Kier molecular flexibility index (Phi) is 6.82. The third kappa shape index (κ3) is 5.11. The zero-order valence-corrected chi connectivity index (χ0v) is 15.8. The van der Waals surface area contributed by atoms with Crippen molar-refractivity contribution in [1.29, 1.82) is 5.26 Å². The molecule has 0 unspecified atom stereocenters. The van der Waals surface area contributed by atoms with Crippen LogP contribution in [0, 0.1) is 11.3 Å². The molecule has 2 aromatic carbocycles. The lowest BCUT2D eigenvalue weighted by Crippen LogP contribution is -2.14. The number of nitrogens with one attached hydrogen (secondary N) is 1. The third-order valence-corrected chi connectivity index (χ3v) is 3.94. The molecule has 0 fully saturated rings. The molecule has 0 aliphatic rings. The predicted octanol–water partition coefficient (Wildman–Crippen LogP) is 5.24. The van der Waals surface area contributed by atoms with E-state index in [0.717, 1.165) is 12.0 Å². The Morgan fingerprint density at radius 2 is 2.04 bits per heavy atom. The lowest BCUT2D eigenvalue weighted by molar-refractivity contribution is -0.112. The summed E-state index contributed by atoms with van der Waals surface area (Å²) in [4.78, 5) is 12.5. The number of rotatable bonds is 6. The van der Waals surface area contributed by atoms with Gasteiger partial charge in [0.2, 0.25) is 0 Å². The van der Waals surface area contributed by atoms with E-state index in [9.17, 15) is 10.1 Å². The molecule has 26 heavy (non-hydrogen) atoms. The Labute approximate surface area is 159 Å². The number of nitriles is 1. The van der Waals surface area contributed by atoms with Crippen molar-refractivity contribution in [2.75, 3.05) is 5.32 Å². The zero-order chi connectivity index (χ0) is 19.1. The van der Waals surface area contributed by atoms with E-state index in [-0.39, 0.29) is 11.7 Å². The topological polar surface area (TPSA) is 62.1 Å². The molecule has 0 aliphatic heterocycles. The second kappa shape index (κ2) is 9.07. The Bertz CT molecular complexity index is 867. The summed E-state index contributed by atoms with van der Waals surface area (Å²) in [6.45, 7) is 5.83. The number of benzene rings is 2. The van der Waals surface area contributed by atoms with Crippen LogP contribution < -0.4 is 10.1 Å². The Morgan fingerprint density at radius 1 is 1.31 bits per heavy atom. The van der Waals surface area contributed by atoms with Crippen molar-refractivity contribution in [3.05, 3.63) is 64.2 Å². The van der Waals surface area contributed by atoms with Gasteiger partial charge in [-0.2, -0.15) is 5.26 Å². The summed E-state index contributed by atoms with van der Waals surface area (Å²) in [6, 6.07) is 14.6. The van der Waals surface area contributed by atoms with Crippen LogP contribution in [0.3, 0.4) is 0 Å². The zero-order valence-electron chi connectivity index (χ0n) is 15.0. The highest BCUT2D eigenvalue weighted by molar-refractivity contribution is 6.32. The molecule has 0 saturated carbocycles. The highest BCUT2D eigenvalue weighted by Gasteiger charge is 2.12. The number of anilines is 1. The summed E-state index contributed by atoms with van der Waals surface area (Å²) in [6.07, 6.45) is 2.30. The van der Waals surface area contributed by atoms with E-state index < -0.39 is 5.91 Å². The van der Waals surface area contributed by atoms with Crippen molar-refractivity contribution < 1.29 is 9.53 Å². The molecule has 0 radical (unpaired) electrons. The summed E-state index contributed by atoms with van der Waals surface area (Å²) in [7, 11) is 0. The maximum absolute atomic E-state index is 12.5. The fourth-order valence-corrected chi connectivity index (χ4v) is 2.65. The van der Waals surface area contributed by atoms with Crippen LogP contribution in [-0.2, 0) is 11.2 Å². The molecule has 4 nitrogen and oxygen atoms in total. The Balaban J connectivity index is 2.23. The molecule has 1 N–H and O–H groups in total. The van der Waals surface area contributed by atoms with Crippen molar-refractivity contribution >= 4 is 29.3 Å². The predicted molar refractivity (Wildman–Crippen MR) is 105 cm³/mol. The van der Waals surface area contributed by atoms with Gasteiger partial charge in [0.25, 0.3) is 5.91 Å². The van der Waals surface area contributed by atoms with Gasteiger partial charge in [0.05, 0.1) is 11.1 Å². The lowest BCUT2D eigenvalue weighted by Gasteiger charge is -2.12. The van der Waals surface area contributed by atoms with Crippen LogP contribution in [0.15, 0.2) is 48.0 Å². The highest BCUT2D eigenvalue weighted by atomic mass is 35.5. The van der Waals surface area contributed by atoms with E-state index in [0.29, 0.717) is 22.0 Å². The number of halogens is 1. The van der Waals surface area contributed by atoms with E-state index in [1.807, 2.05) is 51.1 Å². The second-order valence-corrected chi connectivity index (χ2v) is 6.40. The van der Waals surface area contributed by atoms with Crippen LogP contribution in [0.1, 0.15) is 31.9 Å². The smallest absolute Gasteiger partial charge is 0.266 e. The Morgan fingerprint density at radius 3 is 2.65 bits per heavy atom. The summed E-state index contributed by atoms with van der Waals surface area (Å²) in [5.41, 5.74) is 2.38. The molecule has 0 heterocycles. The molecule has 0 bridgehead atoms. The van der Waals surface area contributed by atoms with Gasteiger partial charge in [-0.1, -0.05) is 42.8 Å². The van der Waals surface area contributed by atoms with E-state index in [1.54, 1.807) is 18.2 Å². The molecule has 0 aromatic heterocycles. The SMILES string of the molecule is CCc1ccccc1NC(=O)/C(C#N)=C/c1ccc(OC(C)C)c(Cl)c1. The van der Waals surface area contributed by atoms with Crippen LogP contribution in [0.25, 0.3) is 6.08 Å². The van der Waals surface area contributed by atoms with Crippen molar-refractivity contribution in [3.63, 3.8) is 0 Å². The number of carbonyl (C=O) groups excluding carboxylic acids is 1. The number of ether oxygens (including phenoxy) is 1. The molecule has 5 heteroatoms. The quantitative estimate of drug-likeness (QED) is 0.560. The van der Waals surface area contributed by atoms with Gasteiger partial charge in [0.15, 0.2) is 0 Å². The first-order valence-corrected chi connectivity index (χ1v) is 8.79. The molecule has 0 atom stereocenters. The average Bonchev–Trinajstić information content (AvgIpc) is 2.61. The van der Waals surface area contributed by atoms with E-state index in [1.165, 1.54) is 6.08 Å². The standard InChI is InChI=1S/C21H21ClN2O2/c1-4-16-7-5-6-8-19(16)24-21(25)17(13-23)11-15-9-10-20(18(22)12-15)26-14(2)3/h5-12,14H,4H2,1-3H3,(H,24,25)/b17-11+. The minimum atomic E-state index is -0.452. The highest BCUT2D eigenvalue weighted by Crippen LogP contribution is 2.27. The summed E-state index contributed by atoms with van der Waals surface area (Å²) < 4.78 is 5.59. The molecular formula is C21H21ClN2O2. The van der Waals surface area contributed by atoms with Crippen molar-refractivity contribution in [2.24, 2.45) is 0 Å². The van der Waals surface area contributed by atoms with Gasteiger partial charge in [-0.15, -0.1) is 0 Å². The van der Waals surface area contributed by atoms with E-state index in [4.69, 9.17) is 16.3 Å². The van der Waals surface area contributed by atoms with Crippen LogP contribution >= 0.6 is 11.6 Å². The second-order valence-electron chi connectivity index (χ2n) is 5.99. The van der Waals surface area contributed by atoms with Crippen molar-refractivity contribution in [2.45, 2.75) is 33.3 Å². The number of nitrogens with zero attached hydrogens (tertiary/aromatic N) is 1. The summed E-state index contributed by atoms with van der Waals surface area (Å²) in [5, 5.41) is 12.6. The first-order chi connectivity index (χ1) is 12.4. The van der Waals surface area contributed by atoms with Crippen molar-refractivity contribution in [1.82, 2.24) is 0 Å². The number of hydrogen-bond donors (Lipinski definition) is 1. The van der Waals surface area contributed by atoms with Gasteiger partial charge in [-0.05, 0) is 55.7 Å². The Hall–Kier alpha value is -2.77. The molecule has 2 aromatic rings. The molecule has 134 valence electrons. The molecule has 0 aliphatic carbocycles. The number of para-hydroxylation sites is 1. The van der Waals surface area contributed by atoms with Gasteiger partial charge in [0, 0.05) is 5.69 Å². The van der Waals surface area contributed by atoms with Crippen molar-refractivity contribution in [3.8, 4) is 11.8 Å². The summed E-state index contributed by atoms with van der Waals surface area (Å²) >= 11 is 6.21. The fourth-order valence-electron chi connectivity index (χ4n) is 2.41. The normalized spacial score (nSPS) is 11.2. The molecule has 2 rings (SSSR count). The minimum Gasteiger partial charge on any atom is -0.489 e. The average molecular weight is 369 g/mol. The molecule has 0 saturated heterocycles. The van der Waals surface area contributed by atoms with E-state index in [2.05, 4.69) is 5.32 Å². The lowest BCUT2D eigenvalue weighted by atomic mass is 10.1. The summed E-state index contributed by atoms with van der Waals surface area (Å²) in [5.74, 6) is 0.116. The maximum Gasteiger partial charge on any atom is 0.266 e. The number of aryl methyl sites for hydroxylation is 1. The van der Waals surface area contributed by atoms with Gasteiger partial charge in [-0.25, -0.2) is 0 Å². The van der Waals surface area contributed by atoms with Gasteiger partial charge < -0.3 is 10.1 Å². The number of hydrogen-bond acceptors (Lipinski definition) is 3. The van der Waals surface area contributed by atoms with E-state index >= 15 is 0 Å². The molecule has 0 spiro atoms. The van der Waals surface area contributed by atoms with Gasteiger partial charge >= 0.3 is 0 Å². The van der Waals surface area contributed by atoms with Crippen LogP contribution in [0.4, 0.5) is 5.69 Å². The minimum absolute atomic E-state index is 0.00417. The fraction of sp³-hybridized carbons (Fsp3) is 0.238. The van der Waals surface area contributed by atoms with Crippen LogP contribution in [0.2, 0.25) is 5.02 Å². The third-order valence-electron chi connectivity index (χ3n) is 3.64. The maximum atomic E-state index is 12.5. The number of amides is 1. The van der Waals surface area contributed by atoms with Gasteiger partial charge in [-0.3, -0.25) is 4.79 Å². The number of carbonyl (C=O) groups is 1. The first-order valence-electron chi connectivity index (χ1n) is 8.41. The monoisotopic (exact) mass is 368 g/mol. The first kappa shape index (κ1) is 19.6. The van der Waals surface area contributed by atoms with Crippen LogP contribution in [-0.4, -0.2) is 12.0 Å². The van der Waals surface area contributed by atoms with Crippen LogP contribution in [0.5, 0.6) is 5.75 Å². The largest absolute Gasteiger partial charge is 0.489 e. The molecular weight excluding hydrogens is 348 g/mol. The van der Waals surface area contributed by atoms with Gasteiger partial charge in [0.1, 0.15) is 17.4 Å². The molecule has 1 amide bonds.